The molecule has 0 radical (unpaired) electrons. The van der Waals surface area contributed by atoms with E-state index in [0.717, 1.165) is 25.2 Å². The van der Waals surface area contributed by atoms with Crippen LogP contribution in [0.5, 0.6) is 0 Å². The molecule has 1 aromatic carbocycles. The van der Waals surface area contributed by atoms with Crippen LogP contribution in [0.25, 0.3) is 0 Å². The van der Waals surface area contributed by atoms with Gasteiger partial charge in [-0.3, -0.25) is 0 Å². The molecular formula is C16H24N2O2. The summed E-state index contributed by atoms with van der Waals surface area (Å²) in [6.07, 6.45) is 2.18. The van der Waals surface area contributed by atoms with Crippen LogP contribution in [-0.2, 0) is 11.3 Å². The topological polar surface area (TPSA) is 41.6 Å². The summed E-state index contributed by atoms with van der Waals surface area (Å²) in [4.78, 5) is 13.9. The number of ether oxygens (including phenoxy) is 1. The molecule has 1 aromatic rings. The van der Waals surface area contributed by atoms with Gasteiger partial charge in [0.05, 0.1) is 0 Å². The first-order valence-electron chi connectivity index (χ1n) is 7.46. The Morgan fingerprint density at radius 3 is 2.85 bits per heavy atom. The number of benzene rings is 1. The zero-order valence-corrected chi connectivity index (χ0v) is 12.2. The van der Waals surface area contributed by atoms with Gasteiger partial charge in [0.15, 0.2) is 0 Å². The van der Waals surface area contributed by atoms with Gasteiger partial charge in [0.1, 0.15) is 6.61 Å². The minimum absolute atomic E-state index is 0.207. The number of hydrogen-bond donors (Lipinski definition) is 1. The predicted molar refractivity (Wildman–Crippen MR) is 79.5 cm³/mol. The number of nitrogens with one attached hydrogen (secondary N) is 1. The first-order valence-corrected chi connectivity index (χ1v) is 7.46. The number of carbonyl (C=O) groups excluding carboxylic acids is 1. The summed E-state index contributed by atoms with van der Waals surface area (Å²) < 4.78 is 5.39. The Balaban J connectivity index is 1.79. The predicted octanol–water partition coefficient (Wildman–Crippen LogP) is 2.64. The van der Waals surface area contributed by atoms with Gasteiger partial charge in [-0.25, -0.2) is 4.79 Å². The molecule has 4 heteroatoms. The quantitative estimate of drug-likeness (QED) is 0.899. The van der Waals surface area contributed by atoms with Gasteiger partial charge in [-0.1, -0.05) is 30.3 Å². The van der Waals surface area contributed by atoms with Crippen LogP contribution in [0, 0.1) is 5.92 Å². The van der Waals surface area contributed by atoms with E-state index in [9.17, 15) is 4.79 Å². The van der Waals surface area contributed by atoms with Gasteiger partial charge in [-0.05, 0) is 44.3 Å². The highest BCUT2D eigenvalue weighted by molar-refractivity contribution is 5.67. The van der Waals surface area contributed by atoms with E-state index in [1.54, 1.807) is 4.90 Å². The molecule has 0 unspecified atom stereocenters. The number of amides is 1. The maximum Gasteiger partial charge on any atom is 0.410 e. The van der Waals surface area contributed by atoms with Gasteiger partial charge in [0.2, 0.25) is 0 Å². The Hall–Kier alpha value is -1.55. The lowest BCUT2D eigenvalue weighted by Gasteiger charge is -2.28. The molecule has 0 spiro atoms. The molecule has 1 amide bonds. The Kier molecular flexibility index (Phi) is 5.87. The van der Waals surface area contributed by atoms with Crippen molar-refractivity contribution >= 4 is 6.09 Å². The zero-order chi connectivity index (χ0) is 14.2. The summed E-state index contributed by atoms with van der Waals surface area (Å²) in [6, 6.07) is 9.80. The van der Waals surface area contributed by atoms with E-state index in [0.29, 0.717) is 19.1 Å². The lowest BCUT2D eigenvalue weighted by Crippen LogP contribution is -2.41. The Morgan fingerprint density at radius 1 is 1.40 bits per heavy atom. The summed E-state index contributed by atoms with van der Waals surface area (Å²) in [6.45, 7) is 5.93. The summed E-state index contributed by atoms with van der Waals surface area (Å²) in [5, 5.41) is 3.38. The average Bonchev–Trinajstić information content (AvgIpc) is 2.52. The third-order valence-electron chi connectivity index (χ3n) is 3.72. The minimum atomic E-state index is -0.207. The highest BCUT2D eigenvalue weighted by atomic mass is 16.6. The van der Waals surface area contributed by atoms with Crippen LogP contribution in [0.3, 0.4) is 0 Å². The van der Waals surface area contributed by atoms with E-state index in [-0.39, 0.29) is 6.09 Å². The fraction of sp³-hybridized carbons (Fsp3) is 0.562. The van der Waals surface area contributed by atoms with Gasteiger partial charge in [0, 0.05) is 13.1 Å². The van der Waals surface area contributed by atoms with Crippen molar-refractivity contribution in [2.45, 2.75) is 26.4 Å². The third-order valence-corrected chi connectivity index (χ3v) is 3.72. The number of carbonyl (C=O) groups is 1. The second-order valence-corrected chi connectivity index (χ2v) is 5.29. The third kappa shape index (κ3) is 4.53. The van der Waals surface area contributed by atoms with Crippen molar-refractivity contribution in [2.75, 3.05) is 26.2 Å². The smallest absolute Gasteiger partial charge is 0.410 e. The molecule has 0 bridgehead atoms. The molecule has 1 N–H and O–H groups in total. The summed E-state index contributed by atoms with van der Waals surface area (Å²) in [7, 11) is 0. The van der Waals surface area contributed by atoms with Gasteiger partial charge in [-0.2, -0.15) is 0 Å². The molecule has 1 saturated heterocycles. The van der Waals surface area contributed by atoms with Crippen LogP contribution in [0.4, 0.5) is 4.79 Å². The second-order valence-electron chi connectivity index (χ2n) is 5.29. The summed E-state index contributed by atoms with van der Waals surface area (Å²) in [5.41, 5.74) is 1.02. The van der Waals surface area contributed by atoms with Crippen molar-refractivity contribution in [1.29, 1.82) is 0 Å². The van der Waals surface area contributed by atoms with Gasteiger partial charge in [-0.15, -0.1) is 0 Å². The van der Waals surface area contributed by atoms with Crippen LogP contribution in [0.15, 0.2) is 30.3 Å². The highest BCUT2D eigenvalue weighted by Gasteiger charge is 2.20. The van der Waals surface area contributed by atoms with E-state index in [1.807, 2.05) is 37.3 Å². The molecule has 1 atom stereocenters. The van der Waals surface area contributed by atoms with Crippen LogP contribution in [-0.4, -0.2) is 37.2 Å². The van der Waals surface area contributed by atoms with Gasteiger partial charge in [0.25, 0.3) is 0 Å². The molecule has 1 heterocycles. The molecule has 2 rings (SSSR count). The van der Waals surface area contributed by atoms with E-state index in [2.05, 4.69) is 5.32 Å². The second kappa shape index (κ2) is 7.90. The largest absolute Gasteiger partial charge is 0.445 e. The Bertz CT molecular complexity index is 402. The standard InChI is InChI=1S/C16H24N2O2/c1-2-18(12-15-9-6-10-17-11-15)16(19)20-13-14-7-4-3-5-8-14/h3-5,7-8,15,17H,2,6,9-13H2,1H3/t15-/m0/s1. The fourth-order valence-corrected chi connectivity index (χ4v) is 2.53. The van der Waals surface area contributed by atoms with E-state index >= 15 is 0 Å². The maximum absolute atomic E-state index is 12.1. The van der Waals surface area contributed by atoms with Crippen molar-refractivity contribution < 1.29 is 9.53 Å². The van der Waals surface area contributed by atoms with Gasteiger partial charge < -0.3 is 15.0 Å². The van der Waals surface area contributed by atoms with Crippen molar-refractivity contribution in [3.05, 3.63) is 35.9 Å². The molecule has 0 saturated carbocycles. The SMILES string of the molecule is CCN(C[C@H]1CCCNC1)C(=O)OCc1ccccc1. The van der Waals surface area contributed by atoms with Crippen LogP contribution < -0.4 is 5.32 Å². The van der Waals surface area contributed by atoms with Crippen LogP contribution in [0.2, 0.25) is 0 Å². The molecule has 0 aliphatic carbocycles. The number of piperidine rings is 1. The minimum Gasteiger partial charge on any atom is -0.445 e. The van der Waals surface area contributed by atoms with Gasteiger partial charge >= 0.3 is 6.09 Å². The normalized spacial score (nSPS) is 18.6. The molecule has 1 aliphatic heterocycles. The van der Waals surface area contributed by atoms with E-state index < -0.39 is 0 Å². The first-order chi connectivity index (χ1) is 9.79. The lowest BCUT2D eigenvalue weighted by atomic mass is 9.99. The molecule has 1 fully saturated rings. The van der Waals surface area contributed by atoms with Crippen molar-refractivity contribution in [3.63, 3.8) is 0 Å². The van der Waals surface area contributed by atoms with Crippen molar-refractivity contribution in [1.82, 2.24) is 10.2 Å². The van der Waals surface area contributed by atoms with E-state index in [4.69, 9.17) is 4.74 Å². The maximum atomic E-state index is 12.1. The summed E-state index contributed by atoms with van der Waals surface area (Å²) in [5.74, 6) is 0.549. The number of nitrogens with zero attached hydrogens (tertiary/aromatic N) is 1. The molecule has 20 heavy (non-hydrogen) atoms. The number of hydrogen-bond acceptors (Lipinski definition) is 3. The zero-order valence-electron chi connectivity index (χ0n) is 12.2. The Morgan fingerprint density at radius 2 is 2.20 bits per heavy atom. The molecule has 4 nitrogen and oxygen atoms in total. The molecule has 1 aliphatic rings. The van der Waals surface area contributed by atoms with Crippen LogP contribution in [0.1, 0.15) is 25.3 Å². The monoisotopic (exact) mass is 276 g/mol. The highest BCUT2D eigenvalue weighted by Crippen LogP contribution is 2.13. The average molecular weight is 276 g/mol. The summed E-state index contributed by atoms with van der Waals surface area (Å²) >= 11 is 0. The molecule has 110 valence electrons. The molecular weight excluding hydrogens is 252 g/mol. The van der Waals surface area contributed by atoms with Crippen molar-refractivity contribution in [3.8, 4) is 0 Å². The first kappa shape index (κ1) is 14.9. The van der Waals surface area contributed by atoms with E-state index in [1.165, 1.54) is 12.8 Å². The van der Waals surface area contributed by atoms with Crippen LogP contribution >= 0.6 is 0 Å². The Labute approximate surface area is 121 Å². The fourth-order valence-electron chi connectivity index (χ4n) is 2.53. The number of rotatable bonds is 5. The molecule has 0 aromatic heterocycles. The van der Waals surface area contributed by atoms with Crippen molar-refractivity contribution in [2.24, 2.45) is 5.92 Å². The lowest BCUT2D eigenvalue weighted by molar-refractivity contribution is 0.0902.